The van der Waals surface area contributed by atoms with Gasteiger partial charge in [-0.1, -0.05) is 18.2 Å². The highest BCUT2D eigenvalue weighted by molar-refractivity contribution is 5.95. The van der Waals surface area contributed by atoms with E-state index in [1.165, 1.54) is 19.3 Å². The van der Waals surface area contributed by atoms with Crippen LogP contribution in [0.4, 0.5) is 5.69 Å². The summed E-state index contributed by atoms with van der Waals surface area (Å²) in [7, 11) is 0. The predicted octanol–water partition coefficient (Wildman–Crippen LogP) is 2.92. The average Bonchev–Trinajstić information content (AvgIpc) is 2.80. The Kier molecular flexibility index (Phi) is 1.91. The molecule has 3 aliphatic carbocycles. The minimum absolute atomic E-state index is 0.266. The van der Waals surface area contributed by atoms with Crippen molar-refractivity contribution in [1.82, 2.24) is 0 Å². The van der Waals surface area contributed by atoms with Crippen LogP contribution in [-0.4, -0.2) is 5.91 Å². The van der Waals surface area contributed by atoms with E-state index in [0.29, 0.717) is 5.92 Å². The largest absolute Gasteiger partial charge is 0.326 e. The number of anilines is 1. The number of nitrogens with one attached hydrogen (secondary N) is 1. The van der Waals surface area contributed by atoms with Gasteiger partial charge in [-0.25, -0.2) is 0 Å². The van der Waals surface area contributed by atoms with Crippen molar-refractivity contribution in [3.05, 3.63) is 30.3 Å². The summed E-state index contributed by atoms with van der Waals surface area (Å²) in [6.45, 7) is 0. The van der Waals surface area contributed by atoms with Crippen LogP contribution < -0.4 is 5.32 Å². The van der Waals surface area contributed by atoms with Gasteiger partial charge in [-0.2, -0.15) is 0 Å². The Morgan fingerprint density at radius 3 is 2.35 bits per heavy atom. The molecule has 4 atom stereocenters. The van der Waals surface area contributed by atoms with Crippen LogP contribution in [0.25, 0.3) is 0 Å². The van der Waals surface area contributed by atoms with E-state index in [1.54, 1.807) is 0 Å². The van der Waals surface area contributed by atoms with Gasteiger partial charge < -0.3 is 5.32 Å². The number of benzene rings is 1. The number of carbonyl (C=O) groups is 1. The summed E-state index contributed by atoms with van der Waals surface area (Å²) in [6, 6.07) is 9.83. The van der Waals surface area contributed by atoms with Crippen LogP contribution in [0.1, 0.15) is 19.3 Å². The number of hydrogen-bond acceptors (Lipinski definition) is 1. The van der Waals surface area contributed by atoms with Crippen molar-refractivity contribution in [1.29, 1.82) is 0 Å². The lowest BCUT2D eigenvalue weighted by Crippen LogP contribution is -2.18. The van der Waals surface area contributed by atoms with Crippen molar-refractivity contribution in [2.24, 2.45) is 29.6 Å². The van der Waals surface area contributed by atoms with Crippen LogP contribution in [0.5, 0.6) is 0 Å². The predicted molar refractivity (Wildman–Crippen MR) is 66.4 cm³/mol. The molecule has 0 heterocycles. The molecule has 2 nitrogen and oxygen atoms in total. The van der Waals surface area contributed by atoms with Crippen molar-refractivity contribution in [3.8, 4) is 0 Å². The van der Waals surface area contributed by atoms with E-state index in [1.807, 2.05) is 30.3 Å². The van der Waals surface area contributed by atoms with Gasteiger partial charge in [0.2, 0.25) is 5.91 Å². The second-order valence-corrected chi connectivity index (χ2v) is 5.87. The quantitative estimate of drug-likeness (QED) is 0.827. The van der Waals surface area contributed by atoms with Crippen LogP contribution in [-0.2, 0) is 4.79 Å². The lowest BCUT2D eigenvalue weighted by Gasteiger charge is -2.09. The summed E-state index contributed by atoms with van der Waals surface area (Å²) in [5.41, 5.74) is 0.940. The number of hydrogen-bond donors (Lipinski definition) is 1. The van der Waals surface area contributed by atoms with Crippen LogP contribution in [0.2, 0.25) is 0 Å². The highest BCUT2D eigenvalue weighted by Crippen LogP contribution is 2.69. The first-order valence-corrected chi connectivity index (χ1v) is 6.70. The van der Waals surface area contributed by atoms with Gasteiger partial charge in [-0.3, -0.25) is 4.79 Å². The molecule has 1 aromatic carbocycles. The lowest BCUT2D eigenvalue weighted by molar-refractivity contribution is -0.118. The standard InChI is InChI=1S/C15H17NO/c17-15(16-11-4-2-1-3-5-11)14-12-9-6-7-10(8-9)13(12)14/h1-5,9-10,12-14H,6-8H2,(H,16,17)/t9-,10-,12-,13-/m0/s1. The average molecular weight is 227 g/mol. The molecule has 0 saturated heterocycles. The number of carbonyl (C=O) groups excluding carboxylic acids is 1. The van der Waals surface area contributed by atoms with Crippen molar-refractivity contribution >= 4 is 11.6 Å². The summed E-state index contributed by atoms with van der Waals surface area (Å²) in [5, 5.41) is 3.06. The van der Waals surface area contributed by atoms with E-state index in [2.05, 4.69) is 5.32 Å². The third-order valence-corrected chi connectivity index (χ3v) is 5.08. The Bertz CT molecular complexity index is 439. The number of rotatable bonds is 2. The molecule has 3 aliphatic rings. The third kappa shape index (κ3) is 1.36. The van der Waals surface area contributed by atoms with Crippen LogP contribution in [0, 0.1) is 29.6 Å². The van der Waals surface area contributed by atoms with Crippen molar-refractivity contribution in [2.75, 3.05) is 5.32 Å². The second kappa shape index (κ2) is 3.34. The molecular formula is C15H17NO. The highest BCUT2D eigenvalue weighted by atomic mass is 16.2. The zero-order chi connectivity index (χ0) is 11.4. The first-order valence-electron chi connectivity index (χ1n) is 6.70. The fraction of sp³-hybridized carbons (Fsp3) is 0.533. The third-order valence-electron chi connectivity index (χ3n) is 5.08. The Morgan fingerprint density at radius 1 is 1.06 bits per heavy atom. The smallest absolute Gasteiger partial charge is 0.228 e. The molecule has 3 fully saturated rings. The van der Waals surface area contributed by atoms with Crippen LogP contribution in [0.15, 0.2) is 30.3 Å². The van der Waals surface area contributed by atoms with Gasteiger partial charge in [0.15, 0.2) is 0 Å². The summed E-state index contributed by atoms with van der Waals surface area (Å²) in [6.07, 6.45) is 4.16. The number of fused-ring (bicyclic) bond motifs is 5. The maximum Gasteiger partial charge on any atom is 0.228 e. The van der Waals surface area contributed by atoms with Gasteiger partial charge in [0.05, 0.1) is 0 Å². The van der Waals surface area contributed by atoms with Gasteiger partial charge in [-0.15, -0.1) is 0 Å². The van der Waals surface area contributed by atoms with Gasteiger partial charge in [0, 0.05) is 11.6 Å². The minimum atomic E-state index is 0.266. The summed E-state index contributed by atoms with van der Waals surface area (Å²) in [5.74, 6) is 3.81. The fourth-order valence-corrected chi connectivity index (χ4v) is 4.42. The molecule has 3 saturated carbocycles. The summed E-state index contributed by atoms with van der Waals surface area (Å²) < 4.78 is 0. The summed E-state index contributed by atoms with van der Waals surface area (Å²) >= 11 is 0. The molecule has 0 unspecified atom stereocenters. The van der Waals surface area contributed by atoms with Crippen LogP contribution >= 0.6 is 0 Å². The van der Waals surface area contributed by atoms with Crippen molar-refractivity contribution < 1.29 is 4.79 Å². The van der Waals surface area contributed by atoms with Crippen molar-refractivity contribution in [3.63, 3.8) is 0 Å². The number of para-hydroxylation sites is 1. The molecular weight excluding hydrogens is 210 g/mol. The van der Waals surface area contributed by atoms with Gasteiger partial charge in [-0.05, 0) is 55.1 Å². The van der Waals surface area contributed by atoms with Gasteiger partial charge in [0.25, 0.3) is 0 Å². The molecule has 17 heavy (non-hydrogen) atoms. The van der Waals surface area contributed by atoms with Gasteiger partial charge >= 0.3 is 0 Å². The highest BCUT2D eigenvalue weighted by Gasteiger charge is 2.67. The van der Waals surface area contributed by atoms with E-state index >= 15 is 0 Å². The summed E-state index contributed by atoms with van der Waals surface area (Å²) in [4.78, 5) is 12.2. The Hall–Kier alpha value is -1.31. The topological polar surface area (TPSA) is 29.1 Å². The minimum Gasteiger partial charge on any atom is -0.326 e. The molecule has 4 rings (SSSR count). The molecule has 0 aliphatic heterocycles. The normalized spacial score (nSPS) is 41.1. The zero-order valence-electron chi connectivity index (χ0n) is 9.80. The monoisotopic (exact) mass is 227 g/mol. The molecule has 1 amide bonds. The Balaban J connectivity index is 1.46. The second-order valence-electron chi connectivity index (χ2n) is 5.87. The molecule has 1 aromatic rings. The molecule has 2 heteroatoms. The van der Waals surface area contributed by atoms with E-state index in [-0.39, 0.29) is 5.91 Å². The maximum atomic E-state index is 12.2. The Labute approximate surface area is 101 Å². The first kappa shape index (κ1) is 9.69. The van der Waals surface area contributed by atoms with E-state index < -0.39 is 0 Å². The van der Waals surface area contributed by atoms with Gasteiger partial charge in [0.1, 0.15) is 0 Å². The van der Waals surface area contributed by atoms with Crippen molar-refractivity contribution in [2.45, 2.75) is 19.3 Å². The number of amides is 1. The molecule has 1 N–H and O–H groups in total. The molecule has 0 aromatic heterocycles. The molecule has 0 radical (unpaired) electrons. The Morgan fingerprint density at radius 2 is 1.71 bits per heavy atom. The first-order chi connectivity index (χ1) is 8.34. The molecule has 2 bridgehead atoms. The van der Waals surface area contributed by atoms with E-state index in [4.69, 9.17) is 0 Å². The SMILES string of the molecule is O=C(Nc1ccccc1)C1[C@H]2[C@H]3CC[C@@H](C3)[C@H]12. The molecule has 88 valence electrons. The maximum absolute atomic E-state index is 12.2. The zero-order valence-corrected chi connectivity index (χ0v) is 9.80. The fourth-order valence-electron chi connectivity index (χ4n) is 4.42. The lowest BCUT2D eigenvalue weighted by atomic mass is 10.0. The van der Waals surface area contributed by atoms with Crippen LogP contribution in [0.3, 0.4) is 0 Å². The van der Waals surface area contributed by atoms with E-state index in [9.17, 15) is 4.79 Å². The molecule has 0 spiro atoms. The van der Waals surface area contributed by atoms with E-state index in [0.717, 1.165) is 29.4 Å².